The second-order valence-electron chi connectivity index (χ2n) is 8.23. The van der Waals surface area contributed by atoms with E-state index in [2.05, 4.69) is 59.5 Å². The number of hydrazine groups is 1. The number of nitrogens with two attached hydrogens (primary N) is 2. The van der Waals surface area contributed by atoms with Crippen molar-refractivity contribution in [2.24, 2.45) is 11.6 Å². The summed E-state index contributed by atoms with van der Waals surface area (Å²) in [5.41, 5.74) is 10.4. The van der Waals surface area contributed by atoms with Crippen molar-refractivity contribution in [3.63, 3.8) is 0 Å². The van der Waals surface area contributed by atoms with Crippen LogP contribution in [0.1, 0.15) is 49.1 Å². The average molecular weight is 505 g/mol. The summed E-state index contributed by atoms with van der Waals surface area (Å²) in [7, 11) is 4.05. The number of allylic oxidation sites excluding steroid dienone is 1. The molecule has 1 atom stereocenters. The molecule has 4 rings (SSSR count). The van der Waals surface area contributed by atoms with Crippen molar-refractivity contribution in [3.8, 4) is 0 Å². The first-order chi connectivity index (χ1) is 17.0. The Balaban J connectivity index is 0.000000452. The first kappa shape index (κ1) is 34.0. The van der Waals surface area contributed by atoms with Gasteiger partial charge in [-0.2, -0.15) is 10.8 Å². The van der Waals surface area contributed by atoms with Crippen molar-refractivity contribution in [2.45, 2.75) is 50.6 Å². The van der Waals surface area contributed by atoms with E-state index >= 15 is 0 Å². The molecule has 1 unspecified atom stereocenters. The van der Waals surface area contributed by atoms with E-state index in [1.807, 2.05) is 37.4 Å². The molecule has 0 amide bonds. The molecule has 0 radical (unpaired) electrons. The summed E-state index contributed by atoms with van der Waals surface area (Å²) in [6.07, 6.45) is 12.0. The molecule has 1 aliphatic heterocycles. The fraction of sp³-hybridized carbons (Fsp3) is 0.357. The maximum atomic E-state index is 12.8. The van der Waals surface area contributed by atoms with Gasteiger partial charge in [-0.3, -0.25) is 12.4 Å². The van der Waals surface area contributed by atoms with Gasteiger partial charge < -0.3 is 21.4 Å². The second kappa shape index (κ2) is 21.1. The molecule has 0 spiro atoms. The van der Waals surface area contributed by atoms with Gasteiger partial charge in [0.25, 0.3) is 0 Å². The largest absolute Gasteiger partial charge is 1.00 e. The van der Waals surface area contributed by atoms with Crippen LogP contribution in [0.25, 0.3) is 0 Å². The molecular weight excluding hydrogens is 462 g/mol. The molecule has 2 aliphatic rings. The minimum atomic E-state index is -0.287. The van der Waals surface area contributed by atoms with Gasteiger partial charge >= 0.3 is 29.6 Å². The molecule has 192 valence electrons. The number of pyridine rings is 1. The Hall–Kier alpha value is -2.00. The Kier molecular flexibility index (Phi) is 19.9. The Morgan fingerprint density at radius 2 is 1.89 bits per heavy atom. The SMILES string of the molecule is C=CC/C(=C/N)NN.C=CC1CC[CH-]N1C.CNCc1ccccc1.Fc1ncccc1C1CC1.[Na+]. The van der Waals surface area contributed by atoms with Crippen molar-refractivity contribution in [2.75, 3.05) is 14.1 Å². The molecule has 1 aromatic carbocycles. The molecule has 2 aromatic rings. The third-order valence-electron chi connectivity index (χ3n) is 5.45. The van der Waals surface area contributed by atoms with Crippen LogP contribution in [0.2, 0.25) is 0 Å². The van der Waals surface area contributed by atoms with Crippen LogP contribution in [0.4, 0.5) is 4.39 Å². The molecular formula is C28H42FN6Na. The zero-order chi connectivity index (χ0) is 25.9. The van der Waals surface area contributed by atoms with Crippen LogP contribution in [-0.2, 0) is 6.54 Å². The normalized spacial score (nSPS) is 16.4. The number of benzene rings is 1. The topological polar surface area (TPSA) is 92.2 Å². The molecule has 1 saturated carbocycles. The molecule has 2 heterocycles. The average Bonchev–Trinajstić information content (AvgIpc) is 3.65. The molecule has 6 N–H and O–H groups in total. The third-order valence-corrected chi connectivity index (χ3v) is 5.45. The Bertz CT molecular complexity index is 873. The molecule has 2 fully saturated rings. The van der Waals surface area contributed by atoms with Gasteiger partial charge in [-0.1, -0.05) is 55.0 Å². The van der Waals surface area contributed by atoms with Crippen molar-refractivity contribution in [1.29, 1.82) is 0 Å². The van der Waals surface area contributed by atoms with E-state index in [1.165, 1.54) is 30.8 Å². The van der Waals surface area contributed by atoms with Crippen LogP contribution in [-0.4, -0.2) is 30.0 Å². The fourth-order valence-corrected chi connectivity index (χ4v) is 3.30. The zero-order valence-electron chi connectivity index (χ0n) is 22.2. The zero-order valence-corrected chi connectivity index (χ0v) is 24.2. The van der Waals surface area contributed by atoms with Crippen LogP contribution in [0.5, 0.6) is 0 Å². The van der Waals surface area contributed by atoms with Gasteiger partial charge in [-0.25, -0.2) is 4.98 Å². The van der Waals surface area contributed by atoms with Crippen LogP contribution >= 0.6 is 0 Å². The van der Waals surface area contributed by atoms with Gasteiger partial charge in [-0.05, 0) is 50.5 Å². The summed E-state index contributed by atoms with van der Waals surface area (Å²) in [6.45, 7) is 10.4. The van der Waals surface area contributed by atoms with Gasteiger partial charge in [-0.15, -0.1) is 13.2 Å². The number of nitrogens with zero attached hydrogens (tertiary/aromatic N) is 2. The number of rotatable bonds is 7. The van der Waals surface area contributed by atoms with Gasteiger partial charge in [0.15, 0.2) is 0 Å². The Morgan fingerprint density at radius 3 is 2.28 bits per heavy atom. The molecule has 1 saturated heterocycles. The van der Waals surface area contributed by atoms with E-state index in [9.17, 15) is 4.39 Å². The minimum absolute atomic E-state index is 0. The fourth-order valence-electron chi connectivity index (χ4n) is 3.30. The van der Waals surface area contributed by atoms with Crippen molar-refractivity contribution < 1.29 is 33.9 Å². The molecule has 36 heavy (non-hydrogen) atoms. The quantitative estimate of drug-likeness (QED) is 0.115. The maximum Gasteiger partial charge on any atom is 1.00 e. The van der Waals surface area contributed by atoms with Crippen LogP contribution in [0, 0.1) is 12.5 Å². The van der Waals surface area contributed by atoms with Gasteiger partial charge in [0.05, 0.1) is 0 Å². The second-order valence-corrected chi connectivity index (χ2v) is 8.23. The van der Waals surface area contributed by atoms with Crippen LogP contribution < -0.4 is 51.9 Å². The smallest absolute Gasteiger partial charge is 0.453 e. The molecule has 8 heteroatoms. The van der Waals surface area contributed by atoms with Gasteiger partial charge in [0.2, 0.25) is 5.95 Å². The monoisotopic (exact) mass is 504 g/mol. The third kappa shape index (κ3) is 14.5. The minimum Gasteiger partial charge on any atom is -0.453 e. The van der Waals surface area contributed by atoms with E-state index in [0.29, 0.717) is 18.4 Å². The van der Waals surface area contributed by atoms with Gasteiger partial charge in [0.1, 0.15) is 0 Å². The van der Waals surface area contributed by atoms with E-state index < -0.39 is 0 Å². The van der Waals surface area contributed by atoms with Crippen molar-refractivity contribution in [3.05, 3.63) is 109 Å². The van der Waals surface area contributed by atoms with Crippen LogP contribution in [0.3, 0.4) is 0 Å². The Morgan fingerprint density at radius 1 is 1.19 bits per heavy atom. The Labute approximate surface area is 239 Å². The predicted molar refractivity (Wildman–Crippen MR) is 145 cm³/mol. The summed E-state index contributed by atoms with van der Waals surface area (Å²) in [5, 5.41) is 3.08. The van der Waals surface area contributed by atoms with Gasteiger partial charge in [0, 0.05) is 36.6 Å². The predicted octanol–water partition coefficient (Wildman–Crippen LogP) is 1.76. The summed E-state index contributed by atoms with van der Waals surface area (Å²) < 4.78 is 12.8. The van der Waals surface area contributed by atoms with E-state index in [1.54, 1.807) is 12.1 Å². The van der Waals surface area contributed by atoms with Crippen molar-refractivity contribution >= 4 is 0 Å². The molecule has 0 bridgehead atoms. The number of aromatic nitrogens is 1. The van der Waals surface area contributed by atoms with E-state index in [-0.39, 0.29) is 35.5 Å². The van der Waals surface area contributed by atoms with Crippen LogP contribution in [0.15, 0.2) is 85.9 Å². The van der Waals surface area contributed by atoms with E-state index in [0.717, 1.165) is 30.6 Å². The first-order valence-electron chi connectivity index (χ1n) is 12.0. The first-order valence-corrected chi connectivity index (χ1v) is 12.0. The number of likely N-dealkylation sites (N-methyl/N-ethyl adjacent to an activating group) is 1. The number of likely N-dealkylation sites (tertiary alicyclic amines) is 1. The number of nitrogens with one attached hydrogen (secondary N) is 2. The summed E-state index contributed by atoms with van der Waals surface area (Å²) in [4.78, 5) is 5.79. The molecule has 1 aromatic heterocycles. The summed E-state index contributed by atoms with van der Waals surface area (Å²) in [5.74, 6) is 5.20. The summed E-state index contributed by atoms with van der Waals surface area (Å²) >= 11 is 0. The van der Waals surface area contributed by atoms with Crippen molar-refractivity contribution in [1.82, 2.24) is 20.6 Å². The molecule has 1 aliphatic carbocycles. The maximum absolute atomic E-state index is 12.8. The number of hydrogen-bond donors (Lipinski definition) is 4. The van der Waals surface area contributed by atoms with E-state index in [4.69, 9.17) is 11.6 Å². The number of halogens is 1. The number of hydrogen-bond acceptors (Lipinski definition) is 6. The summed E-state index contributed by atoms with van der Waals surface area (Å²) in [6, 6.07) is 14.6. The molecule has 6 nitrogen and oxygen atoms in total. The standard InChI is InChI=1S/C8H8FN.C8H11N.C7H12N.C5H11N3.Na/c9-8-7(6-3-4-6)2-1-5-10-8;1-9-7-8-5-3-2-4-6-8;1-3-7-5-4-6-8(7)2;1-2-3-5(4-6)8-7;/h1-2,5-6H,3-4H2;2-6,9H,7H2,1H3;3,6-7H,1,4-5H2,2H3;2,4,8H,1,3,6-7H2;/q;;-1;;+1/b;;;5-4-;.